The summed E-state index contributed by atoms with van der Waals surface area (Å²) in [5.41, 5.74) is 3.46. The molecule has 2 aromatic carbocycles. The molecule has 0 N–H and O–H groups in total. The number of hydrogen-bond acceptors (Lipinski definition) is 5. The van der Waals surface area contributed by atoms with E-state index in [1.54, 1.807) is 6.92 Å². The van der Waals surface area contributed by atoms with Gasteiger partial charge in [-0.25, -0.2) is 4.90 Å². The van der Waals surface area contributed by atoms with Crippen LogP contribution in [-0.2, 0) is 9.59 Å². The minimum atomic E-state index is -0.384. The second kappa shape index (κ2) is 7.79. The standard InChI is InChI=1S/C23H25N3O3/c1-16-4-3-5-20(14-16)26-22(28)15-21(23(26)29)25-12-10-24(11-13-25)19-8-6-18(7-9-19)17(2)27/h3-9,14,21H,10-13,15H2,1-2H3/t21-/m0/s1. The maximum Gasteiger partial charge on any atom is 0.251 e. The lowest BCUT2D eigenvalue weighted by atomic mass is 10.1. The number of rotatable bonds is 4. The fourth-order valence-corrected chi connectivity index (χ4v) is 4.14. The zero-order chi connectivity index (χ0) is 20.5. The third-order valence-electron chi connectivity index (χ3n) is 5.78. The van der Waals surface area contributed by atoms with Crippen LogP contribution in [0.1, 0.15) is 29.3 Å². The second-order valence-electron chi connectivity index (χ2n) is 7.75. The van der Waals surface area contributed by atoms with Crippen LogP contribution in [0.5, 0.6) is 0 Å². The quantitative estimate of drug-likeness (QED) is 0.592. The molecule has 0 aromatic heterocycles. The van der Waals surface area contributed by atoms with Gasteiger partial charge in [-0.2, -0.15) is 0 Å². The number of amides is 2. The number of imide groups is 1. The number of carbonyl (C=O) groups excluding carboxylic acids is 3. The first-order valence-electron chi connectivity index (χ1n) is 9.97. The summed E-state index contributed by atoms with van der Waals surface area (Å²) < 4.78 is 0. The molecule has 0 spiro atoms. The molecule has 2 fully saturated rings. The minimum absolute atomic E-state index is 0.0592. The molecule has 29 heavy (non-hydrogen) atoms. The SMILES string of the molecule is CC(=O)c1ccc(N2CCN([C@H]3CC(=O)N(c4cccc(C)c4)C3=O)CC2)cc1. The molecule has 0 aliphatic carbocycles. The molecule has 2 heterocycles. The van der Waals surface area contributed by atoms with Crippen LogP contribution in [0.3, 0.4) is 0 Å². The van der Waals surface area contributed by atoms with Crippen molar-refractivity contribution in [3.63, 3.8) is 0 Å². The first kappa shape index (κ1) is 19.3. The van der Waals surface area contributed by atoms with Gasteiger partial charge in [0.05, 0.1) is 18.2 Å². The van der Waals surface area contributed by atoms with E-state index in [0.29, 0.717) is 11.3 Å². The van der Waals surface area contributed by atoms with Crippen molar-refractivity contribution < 1.29 is 14.4 Å². The Morgan fingerprint density at radius 3 is 2.24 bits per heavy atom. The molecule has 150 valence electrons. The molecular weight excluding hydrogens is 366 g/mol. The van der Waals surface area contributed by atoms with Crippen molar-refractivity contribution in [2.24, 2.45) is 0 Å². The van der Waals surface area contributed by atoms with Gasteiger partial charge < -0.3 is 4.90 Å². The molecule has 0 radical (unpaired) electrons. The Morgan fingerprint density at radius 1 is 0.931 bits per heavy atom. The van der Waals surface area contributed by atoms with E-state index in [1.807, 2.05) is 55.5 Å². The molecule has 0 bridgehead atoms. The van der Waals surface area contributed by atoms with Gasteiger partial charge in [-0.15, -0.1) is 0 Å². The fourth-order valence-electron chi connectivity index (χ4n) is 4.14. The summed E-state index contributed by atoms with van der Waals surface area (Å²) in [6.07, 6.45) is 0.236. The molecule has 2 saturated heterocycles. The smallest absolute Gasteiger partial charge is 0.251 e. The van der Waals surface area contributed by atoms with Gasteiger partial charge in [0.15, 0.2) is 5.78 Å². The van der Waals surface area contributed by atoms with Crippen molar-refractivity contribution in [1.82, 2.24) is 4.90 Å². The topological polar surface area (TPSA) is 60.9 Å². The summed E-state index contributed by atoms with van der Waals surface area (Å²) in [5, 5.41) is 0. The maximum atomic E-state index is 13.0. The Hall–Kier alpha value is -2.99. The Bertz CT molecular complexity index is 946. The van der Waals surface area contributed by atoms with Gasteiger partial charge in [-0.1, -0.05) is 12.1 Å². The molecule has 0 unspecified atom stereocenters. The van der Waals surface area contributed by atoms with E-state index in [4.69, 9.17) is 0 Å². The van der Waals surface area contributed by atoms with E-state index in [9.17, 15) is 14.4 Å². The maximum absolute atomic E-state index is 13.0. The highest BCUT2D eigenvalue weighted by atomic mass is 16.2. The highest BCUT2D eigenvalue weighted by Crippen LogP contribution is 2.27. The van der Waals surface area contributed by atoms with Crippen LogP contribution in [-0.4, -0.2) is 54.7 Å². The zero-order valence-corrected chi connectivity index (χ0v) is 16.8. The first-order chi connectivity index (χ1) is 13.9. The van der Waals surface area contributed by atoms with Crippen molar-refractivity contribution in [2.45, 2.75) is 26.3 Å². The molecule has 4 rings (SSSR count). The lowest BCUT2D eigenvalue weighted by molar-refractivity contribution is -0.123. The van der Waals surface area contributed by atoms with Gasteiger partial charge in [0.25, 0.3) is 5.91 Å². The van der Waals surface area contributed by atoms with Crippen LogP contribution in [0.4, 0.5) is 11.4 Å². The largest absolute Gasteiger partial charge is 0.369 e. The molecule has 2 aromatic rings. The van der Waals surface area contributed by atoms with E-state index in [0.717, 1.165) is 37.4 Å². The Kier molecular flexibility index (Phi) is 5.20. The van der Waals surface area contributed by atoms with Crippen LogP contribution in [0.25, 0.3) is 0 Å². The minimum Gasteiger partial charge on any atom is -0.369 e. The number of ketones is 1. The van der Waals surface area contributed by atoms with Gasteiger partial charge in [0.2, 0.25) is 5.91 Å². The Morgan fingerprint density at radius 2 is 1.62 bits per heavy atom. The van der Waals surface area contributed by atoms with Crippen molar-refractivity contribution in [1.29, 1.82) is 0 Å². The van der Waals surface area contributed by atoms with Gasteiger partial charge in [-0.05, 0) is 55.8 Å². The Balaban J connectivity index is 1.41. The molecule has 2 aliphatic rings. The van der Waals surface area contributed by atoms with Crippen molar-refractivity contribution in [3.8, 4) is 0 Å². The zero-order valence-electron chi connectivity index (χ0n) is 16.8. The number of aryl methyl sites for hydroxylation is 1. The van der Waals surface area contributed by atoms with Crippen LogP contribution in [0, 0.1) is 6.92 Å². The number of carbonyl (C=O) groups is 3. The summed E-state index contributed by atoms with van der Waals surface area (Å²) in [4.78, 5) is 42.7. The molecule has 6 nitrogen and oxygen atoms in total. The van der Waals surface area contributed by atoms with E-state index in [1.165, 1.54) is 4.90 Å². The third kappa shape index (κ3) is 3.80. The molecule has 2 aliphatic heterocycles. The van der Waals surface area contributed by atoms with Crippen molar-refractivity contribution >= 4 is 29.0 Å². The van der Waals surface area contributed by atoms with Crippen LogP contribution in [0.15, 0.2) is 48.5 Å². The molecule has 2 amide bonds. The number of nitrogens with zero attached hydrogens (tertiary/aromatic N) is 3. The van der Waals surface area contributed by atoms with Crippen molar-refractivity contribution in [3.05, 3.63) is 59.7 Å². The van der Waals surface area contributed by atoms with Gasteiger partial charge in [0.1, 0.15) is 0 Å². The first-order valence-corrected chi connectivity index (χ1v) is 9.97. The summed E-state index contributed by atoms with van der Waals surface area (Å²) >= 11 is 0. The van der Waals surface area contributed by atoms with Gasteiger partial charge in [-0.3, -0.25) is 19.3 Å². The highest BCUT2D eigenvalue weighted by Gasteiger charge is 2.43. The van der Waals surface area contributed by atoms with Crippen LogP contribution in [0.2, 0.25) is 0 Å². The average Bonchev–Trinajstić information content (AvgIpc) is 3.02. The monoisotopic (exact) mass is 391 g/mol. The lowest BCUT2D eigenvalue weighted by Gasteiger charge is -2.38. The fraction of sp³-hybridized carbons (Fsp3) is 0.348. The Labute approximate surface area is 170 Å². The van der Waals surface area contributed by atoms with E-state index in [2.05, 4.69) is 9.80 Å². The normalized spacial score (nSPS) is 20.4. The molecular formula is C23H25N3O3. The third-order valence-corrected chi connectivity index (χ3v) is 5.78. The molecule has 6 heteroatoms. The van der Waals surface area contributed by atoms with E-state index < -0.39 is 0 Å². The number of piperazine rings is 1. The lowest BCUT2D eigenvalue weighted by Crippen LogP contribution is -2.52. The number of hydrogen-bond donors (Lipinski definition) is 0. The second-order valence-corrected chi connectivity index (χ2v) is 7.75. The predicted octanol–water partition coefficient (Wildman–Crippen LogP) is 2.65. The summed E-state index contributed by atoms with van der Waals surface area (Å²) in [7, 11) is 0. The number of anilines is 2. The van der Waals surface area contributed by atoms with E-state index in [-0.39, 0.29) is 30.1 Å². The summed E-state index contributed by atoms with van der Waals surface area (Å²) in [6.45, 7) is 6.52. The average molecular weight is 391 g/mol. The van der Waals surface area contributed by atoms with E-state index >= 15 is 0 Å². The predicted molar refractivity (Wildman–Crippen MR) is 112 cm³/mol. The summed E-state index contributed by atoms with van der Waals surface area (Å²) in [6, 6.07) is 14.8. The van der Waals surface area contributed by atoms with Crippen molar-refractivity contribution in [2.75, 3.05) is 36.0 Å². The number of benzene rings is 2. The van der Waals surface area contributed by atoms with Crippen LogP contribution < -0.4 is 9.80 Å². The summed E-state index contributed by atoms with van der Waals surface area (Å²) in [5.74, 6) is -0.198. The van der Waals surface area contributed by atoms with Gasteiger partial charge >= 0.3 is 0 Å². The highest BCUT2D eigenvalue weighted by molar-refractivity contribution is 6.22. The molecule has 0 saturated carbocycles. The molecule has 1 atom stereocenters. The van der Waals surface area contributed by atoms with Gasteiger partial charge in [0, 0.05) is 37.4 Å². The number of Topliss-reactive ketones (excluding diaryl/α,β-unsaturated/α-hetero) is 1. The van der Waals surface area contributed by atoms with Crippen LogP contribution >= 0.6 is 0 Å².